The Balaban J connectivity index is 1.46. The molecule has 2 amide bonds. The van der Waals surface area contributed by atoms with Gasteiger partial charge in [0, 0.05) is 23.0 Å². The van der Waals surface area contributed by atoms with E-state index in [0.717, 1.165) is 23.4 Å². The minimum Gasteiger partial charge on any atom is -0.489 e. The third-order valence-electron chi connectivity index (χ3n) is 4.95. The predicted octanol–water partition coefficient (Wildman–Crippen LogP) is 4.84. The molecule has 0 radical (unpaired) electrons. The van der Waals surface area contributed by atoms with E-state index >= 15 is 0 Å². The number of carbonyl (C=O) groups is 2. The minimum atomic E-state index is -0.200. The third kappa shape index (κ3) is 7.16. The molecule has 3 N–H and O–H groups in total. The SMILES string of the molecule is CCC(C)NC(=O)c1cccc(NC(=O)CNc2ccc(OCc3ccccc3)cc2)c1. The standard InChI is InChI=1S/C26H29N3O3/c1-3-19(2)28-26(31)21-10-7-11-23(16-21)29-25(30)17-27-22-12-14-24(15-13-22)32-18-20-8-5-4-6-9-20/h4-16,19,27H,3,17-18H2,1-2H3,(H,28,31)(H,29,30). The maximum absolute atomic E-state index is 12.3. The van der Waals surface area contributed by atoms with Crippen molar-refractivity contribution >= 4 is 23.2 Å². The van der Waals surface area contributed by atoms with Crippen LogP contribution in [-0.2, 0) is 11.4 Å². The molecule has 0 saturated carbocycles. The molecule has 0 spiro atoms. The lowest BCUT2D eigenvalue weighted by Gasteiger charge is -2.13. The second-order valence-corrected chi connectivity index (χ2v) is 7.56. The number of benzene rings is 3. The van der Waals surface area contributed by atoms with Crippen LogP contribution in [0.4, 0.5) is 11.4 Å². The number of hydrogen-bond donors (Lipinski definition) is 3. The van der Waals surface area contributed by atoms with Crippen LogP contribution in [0.1, 0.15) is 36.2 Å². The molecule has 0 bridgehead atoms. The first-order valence-corrected chi connectivity index (χ1v) is 10.7. The van der Waals surface area contributed by atoms with Crippen molar-refractivity contribution in [3.63, 3.8) is 0 Å². The number of nitrogens with one attached hydrogen (secondary N) is 3. The Morgan fingerprint density at radius 2 is 1.66 bits per heavy atom. The second-order valence-electron chi connectivity index (χ2n) is 7.56. The van der Waals surface area contributed by atoms with Gasteiger partial charge in [0.25, 0.3) is 5.91 Å². The summed E-state index contributed by atoms with van der Waals surface area (Å²) in [4.78, 5) is 24.6. The monoisotopic (exact) mass is 431 g/mol. The van der Waals surface area contributed by atoms with Gasteiger partial charge in [-0.05, 0) is 61.4 Å². The maximum Gasteiger partial charge on any atom is 0.251 e. The highest BCUT2D eigenvalue weighted by atomic mass is 16.5. The molecule has 6 heteroatoms. The molecule has 166 valence electrons. The van der Waals surface area contributed by atoms with Gasteiger partial charge in [0.2, 0.25) is 5.91 Å². The highest BCUT2D eigenvalue weighted by molar-refractivity contribution is 5.98. The quantitative estimate of drug-likeness (QED) is 0.429. The predicted molar refractivity (Wildman–Crippen MR) is 128 cm³/mol. The normalized spacial score (nSPS) is 11.3. The summed E-state index contributed by atoms with van der Waals surface area (Å²) in [6.45, 7) is 4.58. The molecule has 0 saturated heterocycles. The Labute approximate surface area is 189 Å². The fourth-order valence-corrected chi connectivity index (χ4v) is 2.94. The highest BCUT2D eigenvalue weighted by Gasteiger charge is 2.10. The molecule has 32 heavy (non-hydrogen) atoms. The Kier molecular flexibility index (Phi) is 8.26. The summed E-state index contributed by atoms with van der Waals surface area (Å²) in [5.41, 5.74) is 3.02. The summed E-state index contributed by atoms with van der Waals surface area (Å²) in [7, 11) is 0. The average Bonchev–Trinajstić information content (AvgIpc) is 2.82. The van der Waals surface area contributed by atoms with Crippen molar-refractivity contribution in [3.8, 4) is 5.75 Å². The van der Waals surface area contributed by atoms with Gasteiger partial charge in [0.05, 0.1) is 6.54 Å². The van der Waals surface area contributed by atoms with E-state index in [2.05, 4.69) is 16.0 Å². The summed E-state index contributed by atoms with van der Waals surface area (Å²) in [6, 6.07) is 24.4. The van der Waals surface area contributed by atoms with E-state index in [4.69, 9.17) is 4.74 Å². The van der Waals surface area contributed by atoms with Crippen LogP contribution < -0.4 is 20.7 Å². The first-order valence-electron chi connectivity index (χ1n) is 10.7. The van der Waals surface area contributed by atoms with Crippen molar-refractivity contribution in [1.82, 2.24) is 5.32 Å². The van der Waals surface area contributed by atoms with Gasteiger partial charge in [-0.3, -0.25) is 9.59 Å². The summed E-state index contributed by atoms with van der Waals surface area (Å²) in [6.07, 6.45) is 0.855. The van der Waals surface area contributed by atoms with E-state index in [9.17, 15) is 9.59 Å². The van der Waals surface area contributed by atoms with Crippen molar-refractivity contribution in [2.45, 2.75) is 32.9 Å². The smallest absolute Gasteiger partial charge is 0.251 e. The summed E-state index contributed by atoms with van der Waals surface area (Å²) in [5.74, 6) is 0.411. The average molecular weight is 432 g/mol. The number of carbonyl (C=O) groups excluding carboxylic acids is 2. The van der Waals surface area contributed by atoms with Gasteiger partial charge in [-0.15, -0.1) is 0 Å². The van der Waals surface area contributed by atoms with Gasteiger partial charge in [0.15, 0.2) is 0 Å². The molecule has 0 heterocycles. The first kappa shape index (κ1) is 22.9. The van der Waals surface area contributed by atoms with Crippen molar-refractivity contribution < 1.29 is 14.3 Å². The number of ether oxygens (including phenoxy) is 1. The zero-order valence-electron chi connectivity index (χ0n) is 18.4. The molecule has 0 aliphatic heterocycles. The second kappa shape index (κ2) is 11.6. The zero-order chi connectivity index (χ0) is 22.8. The van der Waals surface area contributed by atoms with Crippen LogP contribution in [0.5, 0.6) is 5.75 Å². The van der Waals surface area contributed by atoms with E-state index in [-0.39, 0.29) is 24.4 Å². The van der Waals surface area contributed by atoms with Gasteiger partial charge in [-0.2, -0.15) is 0 Å². The third-order valence-corrected chi connectivity index (χ3v) is 4.95. The van der Waals surface area contributed by atoms with Crippen molar-refractivity contribution in [1.29, 1.82) is 0 Å². The molecule has 0 aliphatic carbocycles. The van der Waals surface area contributed by atoms with E-state index < -0.39 is 0 Å². The molecule has 3 aromatic rings. The Hall–Kier alpha value is -3.80. The van der Waals surface area contributed by atoms with Crippen LogP contribution >= 0.6 is 0 Å². The van der Waals surface area contributed by atoms with Crippen molar-refractivity contribution in [2.75, 3.05) is 17.2 Å². The van der Waals surface area contributed by atoms with E-state index in [0.29, 0.717) is 17.9 Å². The fraction of sp³-hybridized carbons (Fsp3) is 0.231. The molecular formula is C26H29N3O3. The first-order chi connectivity index (χ1) is 15.5. The molecule has 1 atom stereocenters. The number of hydrogen-bond acceptors (Lipinski definition) is 4. The van der Waals surface area contributed by atoms with E-state index in [1.165, 1.54) is 0 Å². The number of anilines is 2. The molecule has 0 aliphatic rings. The van der Waals surface area contributed by atoms with Gasteiger partial charge in [-0.1, -0.05) is 43.3 Å². The Morgan fingerprint density at radius 3 is 2.38 bits per heavy atom. The lowest BCUT2D eigenvalue weighted by Crippen LogP contribution is -2.32. The number of rotatable bonds is 10. The van der Waals surface area contributed by atoms with Gasteiger partial charge < -0.3 is 20.7 Å². The largest absolute Gasteiger partial charge is 0.489 e. The molecule has 3 aromatic carbocycles. The topological polar surface area (TPSA) is 79.5 Å². The Morgan fingerprint density at radius 1 is 0.906 bits per heavy atom. The van der Waals surface area contributed by atoms with Crippen molar-refractivity contribution in [3.05, 3.63) is 90.0 Å². The maximum atomic E-state index is 12.3. The fourth-order valence-electron chi connectivity index (χ4n) is 2.94. The highest BCUT2D eigenvalue weighted by Crippen LogP contribution is 2.17. The van der Waals surface area contributed by atoms with Gasteiger partial charge >= 0.3 is 0 Å². The molecular weight excluding hydrogens is 402 g/mol. The molecule has 1 unspecified atom stereocenters. The summed E-state index contributed by atoms with van der Waals surface area (Å²) in [5, 5.41) is 8.83. The lowest BCUT2D eigenvalue weighted by atomic mass is 10.1. The Bertz CT molecular complexity index is 1020. The summed E-state index contributed by atoms with van der Waals surface area (Å²) < 4.78 is 5.77. The van der Waals surface area contributed by atoms with Crippen LogP contribution in [-0.4, -0.2) is 24.4 Å². The number of amides is 2. The van der Waals surface area contributed by atoms with E-state index in [1.54, 1.807) is 24.3 Å². The summed E-state index contributed by atoms with van der Waals surface area (Å²) >= 11 is 0. The van der Waals surface area contributed by atoms with Crippen molar-refractivity contribution in [2.24, 2.45) is 0 Å². The lowest BCUT2D eigenvalue weighted by molar-refractivity contribution is -0.114. The molecule has 0 fully saturated rings. The van der Waals surface area contributed by atoms with Crippen LogP contribution in [0.3, 0.4) is 0 Å². The molecule has 3 rings (SSSR count). The minimum absolute atomic E-state index is 0.0973. The van der Waals surface area contributed by atoms with Crippen LogP contribution in [0, 0.1) is 0 Å². The molecule has 0 aromatic heterocycles. The van der Waals surface area contributed by atoms with E-state index in [1.807, 2.05) is 68.4 Å². The van der Waals surface area contributed by atoms with Gasteiger partial charge in [-0.25, -0.2) is 0 Å². The van der Waals surface area contributed by atoms with Crippen LogP contribution in [0.25, 0.3) is 0 Å². The zero-order valence-corrected chi connectivity index (χ0v) is 18.4. The van der Waals surface area contributed by atoms with Gasteiger partial charge in [0.1, 0.15) is 12.4 Å². The van der Waals surface area contributed by atoms with Crippen LogP contribution in [0.2, 0.25) is 0 Å². The molecule has 6 nitrogen and oxygen atoms in total. The van der Waals surface area contributed by atoms with Crippen LogP contribution in [0.15, 0.2) is 78.9 Å².